The molecule has 0 fully saturated rings. The number of ether oxygens (including phenoxy) is 2. The van der Waals surface area contributed by atoms with Gasteiger partial charge >= 0.3 is 0 Å². The third-order valence-corrected chi connectivity index (χ3v) is 5.80. The van der Waals surface area contributed by atoms with Gasteiger partial charge in [0.2, 0.25) is 0 Å². The molecule has 2 atom stereocenters. The van der Waals surface area contributed by atoms with Crippen LogP contribution in [0.25, 0.3) is 0 Å². The van der Waals surface area contributed by atoms with Gasteiger partial charge in [0.1, 0.15) is 30.3 Å². The Balaban J connectivity index is 1.37. The van der Waals surface area contributed by atoms with E-state index >= 15 is 0 Å². The topological polar surface area (TPSA) is 63.5 Å². The predicted octanol–water partition coefficient (Wildman–Crippen LogP) is 4.78. The van der Waals surface area contributed by atoms with E-state index in [1.807, 2.05) is 78.9 Å². The van der Waals surface area contributed by atoms with Crippen molar-refractivity contribution < 1.29 is 19.4 Å². The van der Waals surface area contributed by atoms with Crippen molar-refractivity contribution in [1.29, 1.82) is 0 Å². The van der Waals surface area contributed by atoms with Gasteiger partial charge in [-0.15, -0.1) is 0 Å². The van der Waals surface area contributed by atoms with Crippen LogP contribution < -0.4 is 9.47 Å². The first kappa shape index (κ1) is 24.1. The van der Waals surface area contributed by atoms with E-state index in [0.29, 0.717) is 31.1 Å². The molecule has 0 unspecified atom stereocenters. The highest BCUT2D eigenvalue weighted by Crippen LogP contribution is 2.21. The molecule has 1 N–H and O–H groups in total. The minimum atomic E-state index is -0.664. The molecule has 0 aromatic heterocycles. The van der Waals surface area contributed by atoms with E-state index in [-0.39, 0.29) is 12.7 Å². The zero-order valence-corrected chi connectivity index (χ0v) is 19.9. The Morgan fingerprint density at radius 3 is 2.59 bits per heavy atom. The maximum absolute atomic E-state index is 10.7. The second kappa shape index (κ2) is 11.9. The van der Waals surface area contributed by atoms with E-state index in [0.717, 1.165) is 28.3 Å². The summed E-state index contributed by atoms with van der Waals surface area (Å²) < 4.78 is 11.0. The van der Waals surface area contributed by atoms with Crippen LogP contribution in [0, 0.1) is 0 Å². The number of rotatable bonds is 11. The Hall–Kier alpha value is -3.06. The molecule has 0 spiro atoms. The smallest absolute Gasteiger partial charge is 0.145 e. The molecular weight excluding hydrogens is 452 g/mol. The first-order chi connectivity index (χ1) is 16.6. The lowest BCUT2D eigenvalue weighted by Crippen LogP contribution is -2.39. The molecule has 0 saturated heterocycles. The van der Waals surface area contributed by atoms with Crippen LogP contribution in [0.1, 0.15) is 17.5 Å². The van der Waals surface area contributed by atoms with Crippen molar-refractivity contribution in [2.24, 2.45) is 5.16 Å². The largest absolute Gasteiger partial charge is 0.497 e. The highest BCUT2D eigenvalue weighted by atomic mass is 35.5. The fourth-order valence-electron chi connectivity index (χ4n) is 3.93. The third-order valence-electron chi connectivity index (χ3n) is 5.57. The van der Waals surface area contributed by atoms with Crippen LogP contribution >= 0.6 is 11.6 Å². The fraction of sp³-hybridized carbons (Fsp3) is 0.296. The Kier molecular flexibility index (Phi) is 8.41. The molecular formula is C27H29ClN2O4. The molecule has 0 saturated carbocycles. The maximum atomic E-state index is 10.7. The average molecular weight is 481 g/mol. The van der Waals surface area contributed by atoms with Crippen molar-refractivity contribution in [3.8, 4) is 11.5 Å². The quantitative estimate of drug-likeness (QED) is 0.427. The van der Waals surface area contributed by atoms with Gasteiger partial charge < -0.3 is 19.4 Å². The number of aliphatic hydroxyl groups is 1. The van der Waals surface area contributed by atoms with Gasteiger partial charge in [-0.2, -0.15) is 0 Å². The normalized spacial score (nSPS) is 16.1. The van der Waals surface area contributed by atoms with Crippen LogP contribution in [0.4, 0.5) is 0 Å². The SMILES string of the molecule is COc1ccc(C2=NO[C@H](CN(Cc3cccc(Cl)c3)C[C@@H](O)COc3ccccc3)C2)cc1. The first-order valence-electron chi connectivity index (χ1n) is 11.3. The van der Waals surface area contributed by atoms with E-state index < -0.39 is 6.10 Å². The van der Waals surface area contributed by atoms with Gasteiger partial charge in [-0.25, -0.2) is 0 Å². The van der Waals surface area contributed by atoms with Crippen molar-refractivity contribution in [3.63, 3.8) is 0 Å². The van der Waals surface area contributed by atoms with E-state index in [1.165, 1.54) is 0 Å². The number of oxime groups is 1. The molecule has 0 aliphatic carbocycles. The summed E-state index contributed by atoms with van der Waals surface area (Å²) in [7, 11) is 1.65. The monoisotopic (exact) mass is 480 g/mol. The van der Waals surface area contributed by atoms with Gasteiger partial charge in [0.15, 0.2) is 0 Å². The highest BCUT2D eigenvalue weighted by Gasteiger charge is 2.26. The molecule has 0 bridgehead atoms. The van der Waals surface area contributed by atoms with Gasteiger partial charge in [-0.3, -0.25) is 4.90 Å². The number of benzene rings is 3. The number of hydrogen-bond acceptors (Lipinski definition) is 6. The zero-order valence-electron chi connectivity index (χ0n) is 19.1. The summed E-state index contributed by atoms with van der Waals surface area (Å²) in [5.74, 6) is 1.54. The van der Waals surface area contributed by atoms with Crippen molar-refractivity contribution in [2.45, 2.75) is 25.2 Å². The summed E-state index contributed by atoms with van der Waals surface area (Å²) in [6.45, 7) is 1.87. The number of methoxy groups -OCH3 is 1. The van der Waals surface area contributed by atoms with E-state index in [9.17, 15) is 5.11 Å². The first-order valence-corrected chi connectivity index (χ1v) is 11.7. The van der Waals surface area contributed by atoms with E-state index in [4.69, 9.17) is 25.9 Å². The molecule has 3 aromatic rings. The van der Waals surface area contributed by atoms with Crippen molar-refractivity contribution in [1.82, 2.24) is 4.90 Å². The van der Waals surface area contributed by atoms with Crippen molar-refractivity contribution in [2.75, 3.05) is 26.8 Å². The van der Waals surface area contributed by atoms with Crippen LogP contribution in [0.2, 0.25) is 5.02 Å². The minimum absolute atomic E-state index is 0.112. The Bertz CT molecular complexity index is 1080. The number of halogens is 1. The summed E-state index contributed by atoms with van der Waals surface area (Å²) in [6.07, 6.45) is -0.0871. The summed E-state index contributed by atoms with van der Waals surface area (Å²) in [5, 5.41) is 15.7. The van der Waals surface area contributed by atoms with Gasteiger partial charge in [0.25, 0.3) is 0 Å². The molecule has 6 nitrogen and oxygen atoms in total. The Morgan fingerprint density at radius 1 is 1.06 bits per heavy atom. The highest BCUT2D eigenvalue weighted by molar-refractivity contribution is 6.30. The summed E-state index contributed by atoms with van der Waals surface area (Å²) >= 11 is 6.19. The second-order valence-corrected chi connectivity index (χ2v) is 8.74. The molecule has 7 heteroatoms. The molecule has 4 rings (SSSR count). The van der Waals surface area contributed by atoms with Crippen LogP contribution in [0.3, 0.4) is 0 Å². The van der Waals surface area contributed by atoms with Crippen LogP contribution in [-0.4, -0.2) is 54.7 Å². The number of aliphatic hydroxyl groups excluding tert-OH is 1. The maximum Gasteiger partial charge on any atom is 0.145 e. The molecule has 1 heterocycles. The van der Waals surface area contributed by atoms with Crippen LogP contribution in [0.15, 0.2) is 84.0 Å². The molecule has 0 radical (unpaired) electrons. The van der Waals surface area contributed by atoms with Crippen LogP contribution in [-0.2, 0) is 11.4 Å². The number of nitrogens with zero attached hydrogens (tertiary/aromatic N) is 2. The van der Waals surface area contributed by atoms with Crippen molar-refractivity contribution in [3.05, 3.63) is 95.0 Å². The Labute approximate surface area is 205 Å². The lowest BCUT2D eigenvalue weighted by atomic mass is 10.0. The summed E-state index contributed by atoms with van der Waals surface area (Å²) in [5.41, 5.74) is 2.99. The fourth-order valence-corrected chi connectivity index (χ4v) is 4.14. The molecule has 1 aliphatic heterocycles. The van der Waals surface area contributed by atoms with Gasteiger partial charge in [0.05, 0.1) is 12.8 Å². The summed E-state index contributed by atoms with van der Waals surface area (Å²) in [6, 6.07) is 25.1. The van der Waals surface area contributed by atoms with Gasteiger partial charge in [0, 0.05) is 31.1 Å². The van der Waals surface area contributed by atoms with E-state index in [1.54, 1.807) is 7.11 Å². The standard InChI is InChI=1S/C27H29ClN2O4/c1-32-24-12-10-21(11-13-24)27-15-26(34-29-27)18-30(16-20-6-5-7-22(28)14-20)17-23(31)19-33-25-8-3-2-4-9-25/h2-14,23,26,31H,15-19H2,1H3/t23-,26+/m1/s1. The molecule has 34 heavy (non-hydrogen) atoms. The number of hydrogen-bond donors (Lipinski definition) is 1. The van der Waals surface area contributed by atoms with Gasteiger partial charge in [-0.05, 0) is 59.7 Å². The minimum Gasteiger partial charge on any atom is -0.497 e. The molecule has 3 aromatic carbocycles. The average Bonchev–Trinajstić information content (AvgIpc) is 3.32. The number of para-hydroxylation sites is 1. The lowest BCUT2D eigenvalue weighted by molar-refractivity contribution is 0.0213. The Morgan fingerprint density at radius 2 is 1.85 bits per heavy atom. The van der Waals surface area contributed by atoms with E-state index in [2.05, 4.69) is 10.1 Å². The third kappa shape index (κ3) is 6.97. The molecule has 178 valence electrons. The van der Waals surface area contributed by atoms with Gasteiger partial charge in [-0.1, -0.05) is 47.1 Å². The molecule has 0 amide bonds. The molecule has 1 aliphatic rings. The lowest BCUT2D eigenvalue weighted by Gasteiger charge is -2.27. The van der Waals surface area contributed by atoms with Crippen molar-refractivity contribution >= 4 is 17.3 Å². The zero-order chi connectivity index (χ0) is 23.8. The van der Waals surface area contributed by atoms with Crippen LogP contribution in [0.5, 0.6) is 11.5 Å². The second-order valence-electron chi connectivity index (χ2n) is 8.30. The summed E-state index contributed by atoms with van der Waals surface area (Å²) in [4.78, 5) is 7.91. The predicted molar refractivity (Wildman–Crippen MR) is 134 cm³/mol.